The second-order valence-electron chi connectivity index (χ2n) is 3.61. The molecule has 2 rings (SSSR count). The maximum Gasteiger partial charge on any atom is 0.323 e. The summed E-state index contributed by atoms with van der Waals surface area (Å²) in [7, 11) is -3.79. The molecule has 1 aliphatic heterocycles. The van der Waals surface area contributed by atoms with Crippen molar-refractivity contribution < 1.29 is 18.3 Å². The first-order valence-corrected chi connectivity index (χ1v) is 6.41. The molecule has 1 atom stereocenters. The number of carboxylic acid groups (broad SMARTS) is 1. The average molecular weight is 260 g/mol. The minimum absolute atomic E-state index is 0.0225. The van der Waals surface area contributed by atoms with Gasteiger partial charge < -0.3 is 10.4 Å². The lowest BCUT2D eigenvalue weighted by Crippen LogP contribution is -2.56. The molecule has 9 heteroatoms. The van der Waals surface area contributed by atoms with E-state index >= 15 is 0 Å². The maximum absolute atomic E-state index is 12.1. The van der Waals surface area contributed by atoms with Crippen molar-refractivity contribution in [1.29, 1.82) is 0 Å². The molecule has 0 bridgehead atoms. The Morgan fingerprint density at radius 3 is 2.94 bits per heavy atom. The highest BCUT2D eigenvalue weighted by Gasteiger charge is 2.37. The predicted molar refractivity (Wildman–Crippen MR) is 56.8 cm³/mol. The summed E-state index contributed by atoms with van der Waals surface area (Å²) in [6.45, 7) is 0.664. The van der Waals surface area contributed by atoms with Crippen molar-refractivity contribution in [2.24, 2.45) is 0 Å². The highest BCUT2D eigenvalue weighted by atomic mass is 32.2. The Bertz CT molecular complexity index is 498. The molecule has 1 aliphatic rings. The van der Waals surface area contributed by atoms with Crippen LogP contribution in [-0.4, -0.2) is 59.7 Å². The number of rotatable bonds is 3. The van der Waals surface area contributed by atoms with Gasteiger partial charge in [-0.25, -0.2) is 8.42 Å². The Hall–Kier alpha value is -1.45. The van der Waals surface area contributed by atoms with Crippen molar-refractivity contribution in [1.82, 2.24) is 19.8 Å². The predicted octanol–water partition coefficient (Wildman–Crippen LogP) is -1.54. The third-order valence-electron chi connectivity index (χ3n) is 2.56. The van der Waals surface area contributed by atoms with Crippen molar-refractivity contribution >= 4 is 16.0 Å². The first kappa shape index (κ1) is 12.0. The summed E-state index contributed by atoms with van der Waals surface area (Å²) in [5.74, 6) is -1.16. The minimum atomic E-state index is -3.79. The SMILES string of the molecule is O=C(O)C1CNCCN1S(=O)(=O)c1cn[nH]c1. The number of carbonyl (C=O) groups is 1. The van der Waals surface area contributed by atoms with E-state index in [-0.39, 0.29) is 18.0 Å². The fraction of sp³-hybridized carbons (Fsp3) is 0.500. The van der Waals surface area contributed by atoms with Gasteiger partial charge in [-0.05, 0) is 0 Å². The molecule has 17 heavy (non-hydrogen) atoms. The van der Waals surface area contributed by atoms with Crippen LogP contribution in [0, 0.1) is 0 Å². The van der Waals surface area contributed by atoms with Crippen LogP contribution in [-0.2, 0) is 14.8 Å². The van der Waals surface area contributed by atoms with Gasteiger partial charge in [-0.15, -0.1) is 0 Å². The Balaban J connectivity index is 2.34. The number of H-pyrrole nitrogens is 1. The van der Waals surface area contributed by atoms with Gasteiger partial charge in [0.2, 0.25) is 10.0 Å². The molecule has 0 spiro atoms. The second kappa shape index (κ2) is 4.43. The quantitative estimate of drug-likeness (QED) is 0.606. The van der Waals surface area contributed by atoms with Crippen molar-refractivity contribution in [3.05, 3.63) is 12.4 Å². The first-order chi connectivity index (χ1) is 8.03. The van der Waals surface area contributed by atoms with Crippen LogP contribution >= 0.6 is 0 Å². The molecular weight excluding hydrogens is 248 g/mol. The Morgan fingerprint density at radius 1 is 1.59 bits per heavy atom. The molecule has 3 N–H and O–H groups in total. The summed E-state index contributed by atoms with van der Waals surface area (Å²) < 4.78 is 25.3. The minimum Gasteiger partial charge on any atom is -0.480 e. The van der Waals surface area contributed by atoms with Gasteiger partial charge in [0, 0.05) is 25.8 Å². The highest BCUT2D eigenvalue weighted by molar-refractivity contribution is 7.89. The van der Waals surface area contributed by atoms with Crippen molar-refractivity contribution in [3.8, 4) is 0 Å². The number of nitrogens with zero attached hydrogens (tertiary/aromatic N) is 2. The Labute approximate surface area is 97.7 Å². The third kappa shape index (κ3) is 2.16. The van der Waals surface area contributed by atoms with E-state index in [2.05, 4.69) is 15.5 Å². The number of sulfonamides is 1. The summed E-state index contributed by atoms with van der Waals surface area (Å²) in [6.07, 6.45) is 2.40. The molecule has 0 aromatic carbocycles. The number of piperazine rings is 1. The van der Waals surface area contributed by atoms with Crippen molar-refractivity contribution in [3.63, 3.8) is 0 Å². The topological polar surface area (TPSA) is 115 Å². The van der Waals surface area contributed by atoms with Crippen LogP contribution in [0.1, 0.15) is 0 Å². The molecule has 0 amide bonds. The van der Waals surface area contributed by atoms with Gasteiger partial charge >= 0.3 is 5.97 Å². The monoisotopic (exact) mass is 260 g/mol. The molecule has 0 aliphatic carbocycles. The number of hydrogen-bond donors (Lipinski definition) is 3. The molecule has 1 fully saturated rings. The van der Waals surface area contributed by atoms with E-state index in [0.717, 1.165) is 10.5 Å². The van der Waals surface area contributed by atoms with E-state index in [1.54, 1.807) is 0 Å². The fourth-order valence-electron chi connectivity index (χ4n) is 1.70. The van der Waals surface area contributed by atoms with Crippen LogP contribution < -0.4 is 5.32 Å². The second-order valence-corrected chi connectivity index (χ2v) is 5.50. The third-order valence-corrected chi connectivity index (χ3v) is 4.43. The molecule has 0 saturated carbocycles. The molecule has 0 radical (unpaired) electrons. The lowest BCUT2D eigenvalue weighted by atomic mass is 10.2. The number of nitrogens with one attached hydrogen (secondary N) is 2. The zero-order valence-corrected chi connectivity index (χ0v) is 9.64. The van der Waals surface area contributed by atoms with Crippen LogP contribution in [0.2, 0.25) is 0 Å². The molecule has 94 valence electrons. The summed E-state index contributed by atoms with van der Waals surface area (Å²) in [5, 5.41) is 17.8. The standard InChI is InChI=1S/C8H12N4O4S/c13-8(14)7-5-9-1-2-12(7)17(15,16)6-3-10-11-4-6/h3-4,7,9H,1-2,5H2,(H,10,11)(H,13,14). The molecule has 1 unspecified atom stereocenters. The number of hydrogen-bond acceptors (Lipinski definition) is 5. The number of aromatic amines is 1. The van der Waals surface area contributed by atoms with E-state index in [9.17, 15) is 13.2 Å². The van der Waals surface area contributed by atoms with Crippen LogP contribution in [0.15, 0.2) is 17.3 Å². The number of carboxylic acids is 1. The van der Waals surface area contributed by atoms with E-state index < -0.39 is 22.0 Å². The Kier molecular flexibility index (Phi) is 3.13. The largest absolute Gasteiger partial charge is 0.480 e. The highest BCUT2D eigenvalue weighted by Crippen LogP contribution is 2.18. The lowest BCUT2D eigenvalue weighted by Gasteiger charge is -2.31. The number of aromatic nitrogens is 2. The van der Waals surface area contributed by atoms with Gasteiger partial charge in [0.25, 0.3) is 0 Å². The van der Waals surface area contributed by atoms with Gasteiger partial charge in [-0.3, -0.25) is 9.89 Å². The molecule has 1 aromatic rings. The Morgan fingerprint density at radius 2 is 2.35 bits per heavy atom. The van der Waals surface area contributed by atoms with Crippen LogP contribution in [0.25, 0.3) is 0 Å². The summed E-state index contributed by atoms with van der Waals surface area (Å²) in [5.41, 5.74) is 0. The zero-order chi connectivity index (χ0) is 12.5. The van der Waals surface area contributed by atoms with Crippen LogP contribution in [0.5, 0.6) is 0 Å². The zero-order valence-electron chi connectivity index (χ0n) is 8.83. The normalized spacial score (nSPS) is 22.5. The average Bonchev–Trinajstić information content (AvgIpc) is 2.83. The lowest BCUT2D eigenvalue weighted by molar-refractivity contribution is -0.141. The summed E-state index contributed by atoms with van der Waals surface area (Å²) >= 11 is 0. The van der Waals surface area contributed by atoms with Gasteiger partial charge in [-0.1, -0.05) is 0 Å². The summed E-state index contributed by atoms with van der Waals surface area (Å²) in [6, 6.07) is -1.08. The molecule has 1 aromatic heterocycles. The van der Waals surface area contributed by atoms with E-state index in [1.165, 1.54) is 6.20 Å². The molecular formula is C8H12N4O4S. The molecule has 8 nitrogen and oxygen atoms in total. The molecule has 2 heterocycles. The van der Waals surface area contributed by atoms with Crippen molar-refractivity contribution in [2.45, 2.75) is 10.9 Å². The fourth-order valence-corrected chi connectivity index (χ4v) is 3.19. The first-order valence-electron chi connectivity index (χ1n) is 4.97. The maximum atomic E-state index is 12.1. The van der Waals surface area contributed by atoms with Crippen LogP contribution in [0.3, 0.4) is 0 Å². The number of aliphatic carboxylic acids is 1. The van der Waals surface area contributed by atoms with E-state index in [1.807, 2.05) is 0 Å². The molecule has 1 saturated heterocycles. The van der Waals surface area contributed by atoms with E-state index in [4.69, 9.17) is 5.11 Å². The smallest absolute Gasteiger partial charge is 0.323 e. The van der Waals surface area contributed by atoms with Crippen molar-refractivity contribution in [2.75, 3.05) is 19.6 Å². The van der Waals surface area contributed by atoms with Gasteiger partial charge in [0.15, 0.2) is 0 Å². The van der Waals surface area contributed by atoms with Gasteiger partial charge in [0.1, 0.15) is 10.9 Å². The van der Waals surface area contributed by atoms with E-state index in [0.29, 0.717) is 6.54 Å². The van der Waals surface area contributed by atoms with Gasteiger partial charge in [0.05, 0.1) is 6.20 Å². The van der Waals surface area contributed by atoms with Crippen LogP contribution in [0.4, 0.5) is 0 Å². The summed E-state index contributed by atoms with van der Waals surface area (Å²) in [4.78, 5) is 11.0. The van der Waals surface area contributed by atoms with Gasteiger partial charge in [-0.2, -0.15) is 9.40 Å².